The van der Waals surface area contributed by atoms with E-state index in [1.54, 1.807) is 0 Å². The third-order valence-corrected chi connectivity index (χ3v) is 15.3. The molecule has 0 atom stereocenters. The fraction of sp³-hybridized carbons (Fsp3) is 0.182. The van der Waals surface area contributed by atoms with E-state index in [9.17, 15) is 0 Å². The summed E-state index contributed by atoms with van der Waals surface area (Å²) in [5.41, 5.74) is 22.1. The topological polar surface area (TPSA) is 15.3 Å². The molecule has 0 radical (unpaired) electrons. The summed E-state index contributed by atoms with van der Waals surface area (Å²) >= 11 is 0. The second-order valence-corrected chi connectivity index (χ2v) is 22.1. The van der Waals surface area contributed by atoms with Crippen molar-refractivity contribution in [2.24, 2.45) is 0 Å². The van der Waals surface area contributed by atoms with Crippen LogP contribution in [0.5, 0.6) is 0 Å². The lowest BCUT2D eigenvalue weighted by Crippen LogP contribution is -2.12. The fourth-order valence-electron chi connectivity index (χ4n) is 12.1. The van der Waals surface area contributed by atoms with E-state index in [1.807, 2.05) is 0 Å². The van der Waals surface area contributed by atoms with Gasteiger partial charge in [0.05, 0.1) is 44.5 Å². The molecule has 0 saturated carbocycles. The van der Waals surface area contributed by atoms with Crippen molar-refractivity contribution in [3.05, 3.63) is 203 Å². The average Bonchev–Trinajstić information content (AvgIpc) is 4.07. The number of fused-ring (bicyclic) bond motifs is 12. The molecule has 4 aromatic heterocycles. The van der Waals surface area contributed by atoms with Crippen LogP contribution in [0, 0.1) is 27.7 Å². The van der Waals surface area contributed by atoms with Gasteiger partial charge in [-0.25, -0.2) is 0 Å². The summed E-state index contributed by atoms with van der Waals surface area (Å²) in [7, 11) is 0. The van der Waals surface area contributed by atoms with Crippen LogP contribution in [0.1, 0.15) is 74.9 Å². The highest BCUT2D eigenvalue weighted by molar-refractivity contribution is 6.32. The van der Waals surface area contributed by atoms with Crippen LogP contribution < -0.4 is 9.80 Å². The molecular weight excluding hydrogens is 849 g/mol. The van der Waals surface area contributed by atoms with Gasteiger partial charge in [-0.3, -0.25) is 0 Å². The predicted molar refractivity (Wildman–Crippen MR) is 301 cm³/mol. The molecule has 0 aliphatic carbocycles. The summed E-state index contributed by atoms with van der Waals surface area (Å²) in [6.07, 6.45) is 0. The first-order chi connectivity index (χ1) is 33.7. The van der Waals surface area contributed by atoms with Gasteiger partial charge in [0.15, 0.2) is 0 Å². The molecule has 0 unspecified atom stereocenters. The number of aromatic nitrogens is 2. The standard InChI is InChI=1S/C66H58N4/c1-39-27-29-41(3)55(35-39)67(43-19-13-11-14-20-43)53-33-31-45-49-37-58-50(38-57(49)69-61-47(59(53)63(45)69)23-17-25-51(61)65(5,6)7)46-32-34-54(60-48-24-18-26-52(66(8,9)10)62(48)70(58)64(46)60)68(44-21-15-12-16-22-44)56-36-40(2)28-30-42(56)4/h11-38H,1-10H3. The first-order valence-corrected chi connectivity index (χ1v) is 24.9. The largest absolute Gasteiger partial charge is 0.310 e. The zero-order valence-electron chi connectivity index (χ0n) is 42.0. The molecule has 4 heteroatoms. The number of aryl methyl sites for hydroxylation is 4. The molecule has 342 valence electrons. The Morgan fingerprint density at radius 2 is 0.729 bits per heavy atom. The number of nitrogens with zero attached hydrogens (tertiary/aromatic N) is 4. The Morgan fingerprint density at radius 3 is 1.11 bits per heavy atom. The van der Waals surface area contributed by atoms with Crippen LogP contribution in [0.2, 0.25) is 0 Å². The molecule has 9 aromatic carbocycles. The Hall–Kier alpha value is -7.82. The van der Waals surface area contributed by atoms with E-state index >= 15 is 0 Å². The molecule has 4 heterocycles. The number of anilines is 6. The highest BCUT2D eigenvalue weighted by Crippen LogP contribution is 2.53. The van der Waals surface area contributed by atoms with Gasteiger partial charge in [-0.05, 0) is 133 Å². The third-order valence-electron chi connectivity index (χ3n) is 15.3. The maximum Gasteiger partial charge on any atom is 0.0641 e. The van der Waals surface area contributed by atoms with Crippen molar-refractivity contribution in [2.75, 3.05) is 9.80 Å². The molecule has 0 aliphatic rings. The maximum absolute atomic E-state index is 2.64. The highest BCUT2D eigenvalue weighted by Gasteiger charge is 2.32. The van der Waals surface area contributed by atoms with E-state index in [0.717, 1.165) is 11.4 Å². The summed E-state index contributed by atoms with van der Waals surface area (Å²) in [4.78, 5) is 5.00. The summed E-state index contributed by atoms with van der Waals surface area (Å²) in [6.45, 7) is 23.0. The van der Waals surface area contributed by atoms with Crippen molar-refractivity contribution in [1.29, 1.82) is 0 Å². The van der Waals surface area contributed by atoms with E-state index in [0.29, 0.717) is 0 Å². The Kier molecular flexibility index (Phi) is 8.97. The van der Waals surface area contributed by atoms with Gasteiger partial charge in [0.1, 0.15) is 0 Å². The van der Waals surface area contributed by atoms with Gasteiger partial charge in [-0.1, -0.05) is 151 Å². The van der Waals surface area contributed by atoms with Crippen molar-refractivity contribution >= 4 is 110 Å². The van der Waals surface area contributed by atoms with Crippen LogP contribution in [0.25, 0.3) is 76.2 Å². The Balaban J connectivity index is 1.20. The van der Waals surface area contributed by atoms with Gasteiger partial charge >= 0.3 is 0 Å². The van der Waals surface area contributed by atoms with Crippen molar-refractivity contribution in [1.82, 2.24) is 8.80 Å². The van der Waals surface area contributed by atoms with Crippen molar-refractivity contribution in [2.45, 2.75) is 80.1 Å². The number of rotatable bonds is 6. The molecule has 0 bridgehead atoms. The quantitative estimate of drug-likeness (QED) is 0.165. The summed E-state index contributed by atoms with van der Waals surface area (Å²) < 4.78 is 5.28. The van der Waals surface area contributed by atoms with E-state index in [1.165, 1.54) is 132 Å². The van der Waals surface area contributed by atoms with Gasteiger partial charge < -0.3 is 18.6 Å². The third kappa shape index (κ3) is 5.95. The smallest absolute Gasteiger partial charge is 0.0641 e. The second kappa shape index (κ2) is 14.8. The molecule has 0 aliphatic heterocycles. The van der Waals surface area contributed by atoms with E-state index in [-0.39, 0.29) is 10.8 Å². The lowest BCUT2D eigenvalue weighted by molar-refractivity contribution is 0.594. The van der Waals surface area contributed by atoms with Crippen LogP contribution >= 0.6 is 0 Å². The summed E-state index contributed by atoms with van der Waals surface area (Å²) in [5.74, 6) is 0. The van der Waals surface area contributed by atoms with Gasteiger partial charge in [-0.2, -0.15) is 0 Å². The van der Waals surface area contributed by atoms with Gasteiger partial charge in [0, 0.05) is 65.8 Å². The molecule has 0 saturated heterocycles. The lowest BCUT2D eigenvalue weighted by atomic mass is 9.85. The van der Waals surface area contributed by atoms with Crippen molar-refractivity contribution in [3.63, 3.8) is 0 Å². The summed E-state index contributed by atoms with van der Waals surface area (Å²) in [6, 6.07) is 64.2. The first kappa shape index (κ1) is 42.3. The molecule has 13 rings (SSSR count). The SMILES string of the molecule is Cc1ccc(C)c(N(c2ccccc2)c2ccc3c4cc5c(cc4n4c6c(C(C)(C)C)cccc6c2c34)c2ccc(N(c3ccccc3)c3cc(C)ccc3C)c3c4cccc(C(C)(C)C)c4n5c23)c1. The Bertz CT molecular complexity index is 3960. The summed E-state index contributed by atoms with van der Waals surface area (Å²) in [5, 5.41) is 10.2. The van der Waals surface area contributed by atoms with E-state index in [4.69, 9.17) is 0 Å². The van der Waals surface area contributed by atoms with Crippen LogP contribution in [-0.4, -0.2) is 8.80 Å². The average molecular weight is 907 g/mol. The molecule has 70 heavy (non-hydrogen) atoms. The minimum atomic E-state index is -0.109. The molecule has 4 nitrogen and oxygen atoms in total. The predicted octanol–water partition coefficient (Wildman–Crippen LogP) is 18.8. The van der Waals surface area contributed by atoms with Crippen molar-refractivity contribution < 1.29 is 0 Å². The number of hydrogen-bond acceptors (Lipinski definition) is 2. The number of hydrogen-bond donors (Lipinski definition) is 0. The second-order valence-electron chi connectivity index (χ2n) is 22.1. The minimum Gasteiger partial charge on any atom is -0.310 e. The van der Waals surface area contributed by atoms with Crippen molar-refractivity contribution in [3.8, 4) is 0 Å². The fourth-order valence-corrected chi connectivity index (χ4v) is 12.1. The molecule has 0 fully saturated rings. The normalized spacial score (nSPS) is 12.7. The highest BCUT2D eigenvalue weighted by atomic mass is 15.2. The maximum atomic E-state index is 2.64. The zero-order valence-corrected chi connectivity index (χ0v) is 42.0. The Labute approximate surface area is 410 Å². The molecule has 13 aromatic rings. The number of para-hydroxylation sites is 4. The minimum absolute atomic E-state index is 0.109. The van der Waals surface area contributed by atoms with Gasteiger partial charge in [-0.15, -0.1) is 0 Å². The molecular formula is C66H58N4. The zero-order chi connectivity index (χ0) is 48.1. The van der Waals surface area contributed by atoms with Gasteiger partial charge in [0.25, 0.3) is 0 Å². The molecule has 0 spiro atoms. The van der Waals surface area contributed by atoms with Gasteiger partial charge in [0.2, 0.25) is 0 Å². The Morgan fingerprint density at radius 1 is 0.329 bits per heavy atom. The monoisotopic (exact) mass is 906 g/mol. The molecule has 0 amide bonds. The van der Waals surface area contributed by atoms with Crippen LogP contribution in [0.15, 0.2) is 170 Å². The first-order valence-electron chi connectivity index (χ1n) is 24.9. The van der Waals surface area contributed by atoms with E-state index < -0.39 is 0 Å². The lowest BCUT2D eigenvalue weighted by Gasteiger charge is -2.28. The van der Waals surface area contributed by atoms with Crippen LogP contribution in [-0.2, 0) is 10.8 Å². The molecule has 0 N–H and O–H groups in total. The van der Waals surface area contributed by atoms with Crippen LogP contribution in [0.4, 0.5) is 34.1 Å². The number of benzene rings is 9. The van der Waals surface area contributed by atoms with Crippen LogP contribution in [0.3, 0.4) is 0 Å². The van der Waals surface area contributed by atoms with E-state index in [2.05, 4.69) is 258 Å².